The van der Waals surface area contributed by atoms with Crippen LogP contribution in [0.3, 0.4) is 0 Å². The summed E-state index contributed by atoms with van der Waals surface area (Å²) >= 11 is 5.94. The van der Waals surface area contributed by atoms with Gasteiger partial charge in [0.1, 0.15) is 0 Å². The molecule has 0 saturated heterocycles. The molecule has 0 fully saturated rings. The monoisotopic (exact) mass is 503 g/mol. The third-order valence-corrected chi connectivity index (χ3v) is 7.73. The van der Waals surface area contributed by atoms with Crippen molar-refractivity contribution in [2.24, 2.45) is 5.10 Å². The van der Waals surface area contributed by atoms with E-state index in [4.69, 9.17) is 11.6 Å². The molecule has 0 saturated carbocycles. The average molecular weight is 504 g/mol. The number of hydrazone groups is 1. The molecule has 172 valence electrons. The standard InChI is InChI=1S/C23H22ClN3O4S2/c1-16-4-3-5-18(14-16)23-15-22(17-6-10-20(11-7-17)26-32(2,28)29)25-27(23)33(30,31)21-12-8-19(24)9-13-21/h3-14,23,26H,15H2,1-2H3/t23-/m0/s1. The maximum atomic E-state index is 13.5. The summed E-state index contributed by atoms with van der Waals surface area (Å²) in [7, 11) is -7.34. The molecule has 3 aromatic rings. The van der Waals surface area contributed by atoms with Crippen LogP contribution < -0.4 is 4.72 Å². The Morgan fingerprint density at radius 1 is 0.970 bits per heavy atom. The summed E-state index contributed by atoms with van der Waals surface area (Å²) in [6.45, 7) is 1.95. The minimum absolute atomic E-state index is 0.0993. The van der Waals surface area contributed by atoms with E-state index in [0.29, 0.717) is 28.4 Å². The topological polar surface area (TPSA) is 95.9 Å². The van der Waals surface area contributed by atoms with Gasteiger partial charge in [-0.05, 0) is 54.4 Å². The van der Waals surface area contributed by atoms with Gasteiger partial charge in [0.15, 0.2) is 0 Å². The van der Waals surface area contributed by atoms with Crippen molar-refractivity contribution in [3.63, 3.8) is 0 Å². The van der Waals surface area contributed by atoms with Crippen LogP contribution in [0.5, 0.6) is 0 Å². The van der Waals surface area contributed by atoms with E-state index in [1.807, 2.05) is 31.2 Å². The van der Waals surface area contributed by atoms with Crippen LogP contribution in [0.25, 0.3) is 0 Å². The van der Waals surface area contributed by atoms with Gasteiger partial charge in [-0.2, -0.15) is 17.9 Å². The van der Waals surface area contributed by atoms with Crippen molar-refractivity contribution in [1.82, 2.24) is 4.41 Å². The Morgan fingerprint density at radius 2 is 1.64 bits per heavy atom. The first-order valence-electron chi connectivity index (χ1n) is 10.1. The zero-order chi connectivity index (χ0) is 23.8. The first-order chi connectivity index (χ1) is 15.5. The van der Waals surface area contributed by atoms with Crippen LogP contribution in [-0.2, 0) is 20.0 Å². The van der Waals surface area contributed by atoms with Crippen molar-refractivity contribution in [3.05, 3.63) is 94.5 Å². The summed E-state index contributed by atoms with van der Waals surface area (Å²) in [6.07, 6.45) is 1.45. The summed E-state index contributed by atoms with van der Waals surface area (Å²) < 4.78 is 53.5. The summed E-state index contributed by atoms with van der Waals surface area (Å²) in [5.41, 5.74) is 3.56. The van der Waals surface area contributed by atoms with Crippen LogP contribution in [0.4, 0.5) is 5.69 Å². The molecule has 1 aliphatic rings. The van der Waals surface area contributed by atoms with E-state index < -0.39 is 26.1 Å². The summed E-state index contributed by atoms with van der Waals surface area (Å²) in [5, 5.41) is 4.95. The molecule has 1 heterocycles. The van der Waals surface area contributed by atoms with Crippen molar-refractivity contribution in [2.45, 2.75) is 24.3 Å². The zero-order valence-corrected chi connectivity index (χ0v) is 20.3. The molecule has 1 aliphatic heterocycles. The number of sulfonamides is 2. The molecule has 1 N–H and O–H groups in total. The van der Waals surface area contributed by atoms with E-state index in [-0.39, 0.29) is 4.90 Å². The number of rotatable bonds is 6. The molecule has 10 heteroatoms. The van der Waals surface area contributed by atoms with E-state index in [1.165, 1.54) is 24.3 Å². The number of aryl methyl sites for hydroxylation is 1. The highest BCUT2D eigenvalue weighted by molar-refractivity contribution is 7.92. The Balaban J connectivity index is 1.74. The number of anilines is 1. The van der Waals surface area contributed by atoms with Crippen molar-refractivity contribution in [3.8, 4) is 0 Å². The third kappa shape index (κ3) is 5.21. The minimum atomic E-state index is -3.94. The Morgan fingerprint density at radius 3 is 2.24 bits per heavy atom. The van der Waals surface area contributed by atoms with E-state index in [0.717, 1.165) is 21.8 Å². The second kappa shape index (κ2) is 8.81. The molecule has 0 radical (unpaired) electrons. The maximum absolute atomic E-state index is 13.5. The van der Waals surface area contributed by atoms with Crippen LogP contribution in [0, 0.1) is 6.92 Å². The lowest BCUT2D eigenvalue weighted by molar-refractivity contribution is 0.371. The molecule has 0 aliphatic carbocycles. The Hall–Kier alpha value is -2.88. The van der Waals surface area contributed by atoms with Gasteiger partial charge < -0.3 is 0 Å². The number of benzene rings is 3. The van der Waals surface area contributed by atoms with Crippen LogP contribution in [-0.4, -0.2) is 33.2 Å². The average Bonchev–Trinajstić information content (AvgIpc) is 3.20. The molecular formula is C23H22ClN3O4S2. The Bertz CT molecular complexity index is 1420. The Labute approximate surface area is 198 Å². The molecule has 7 nitrogen and oxygen atoms in total. The van der Waals surface area contributed by atoms with E-state index in [1.54, 1.807) is 24.3 Å². The predicted molar refractivity (Wildman–Crippen MR) is 130 cm³/mol. The number of hydrogen-bond donors (Lipinski definition) is 1. The summed E-state index contributed by atoms with van der Waals surface area (Å²) in [5.74, 6) is 0. The van der Waals surface area contributed by atoms with Crippen LogP contribution >= 0.6 is 11.6 Å². The lowest BCUT2D eigenvalue weighted by Crippen LogP contribution is -2.27. The first-order valence-corrected chi connectivity index (χ1v) is 13.8. The molecule has 0 unspecified atom stereocenters. The molecule has 0 aromatic heterocycles. The van der Waals surface area contributed by atoms with Gasteiger partial charge in [0.25, 0.3) is 10.0 Å². The number of nitrogens with zero attached hydrogens (tertiary/aromatic N) is 2. The van der Waals surface area contributed by atoms with Crippen LogP contribution in [0.2, 0.25) is 5.02 Å². The smallest absolute Gasteiger partial charge is 0.279 e. The molecule has 33 heavy (non-hydrogen) atoms. The lowest BCUT2D eigenvalue weighted by atomic mass is 9.98. The Kier molecular flexibility index (Phi) is 6.22. The fraction of sp³-hybridized carbons (Fsp3) is 0.174. The van der Waals surface area contributed by atoms with Gasteiger partial charge in [-0.15, -0.1) is 0 Å². The highest BCUT2D eigenvalue weighted by Gasteiger charge is 2.37. The molecule has 0 amide bonds. The molecule has 0 bridgehead atoms. The summed E-state index contributed by atoms with van der Waals surface area (Å²) in [4.78, 5) is 0.0993. The molecule has 1 atom stereocenters. The zero-order valence-electron chi connectivity index (χ0n) is 17.9. The van der Waals surface area contributed by atoms with Crippen molar-refractivity contribution >= 4 is 43.0 Å². The number of nitrogens with one attached hydrogen (secondary N) is 1. The molecular weight excluding hydrogens is 482 g/mol. The fourth-order valence-electron chi connectivity index (χ4n) is 3.67. The number of hydrogen-bond acceptors (Lipinski definition) is 5. The highest BCUT2D eigenvalue weighted by atomic mass is 35.5. The van der Waals surface area contributed by atoms with Gasteiger partial charge in [0, 0.05) is 17.1 Å². The molecule has 3 aromatic carbocycles. The van der Waals surface area contributed by atoms with Crippen molar-refractivity contribution < 1.29 is 16.8 Å². The second-order valence-corrected chi connectivity index (χ2v) is 11.8. The van der Waals surface area contributed by atoms with Gasteiger partial charge in [0.2, 0.25) is 10.0 Å². The lowest BCUT2D eigenvalue weighted by Gasteiger charge is -2.23. The summed E-state index contributed by atoms with van der Waals surface area (Å²) in [6, 6.07) is 19.8. The highest BCUT2D eigenvalue weighted by Crippen LogP contribution is 2.37. The third-order valence-electron chi connectivity index (χ3n) is 5.18. The van der Waals surface area contributed by atoms with E-state index >= 15 is 0 Å². The number of halogens is 1. The second-order valence-electron chi connectivity index (χ2n) is 7.86. The minimum Gasteiger partial charge on any atom is -0.284 e. The van der Waals surface area contributed by atoms with Gasteiger partial charge in [-0.3, -0.25) is 4.72 Å². The molecule has 4 rings (SSSR count). The normalized spacial score (nSPS) is 16.5. The maximum Gasteiger partial charge on any atom is 0.279 e. The van der Waals surface area contributed by atoms with Gasteiger partial charge in [-0.25, -0.2) is 8.42 Å². The van der Waals surface area contributed by atoms with E-state index in [2.05, 4.69) is 9.82 Å². The SMILES string of the molecule is Cc1cccc([C@@H]2CC(c3ccc(NS(C)(=O)=O)cc3)=NN2S(=O)(=O)c2ccc(Cl)cc2)c1. The largest absolute Gasteiger partial charge is 0.284 e. The van der Waals surface area contributed by atoms with Crippen molar-refractivity contribution in [2.75, 3.05) is 11.0 Å². The van der Waals surface area contributed by atoms with Gasteiger partial charge in [-0.1, -0.05) is 53.6 Å². The van der Waals surface area contributed by atoms with Gasteiger partial charge >= 0.3 is 0 Å². The van der Waals surface area contributed by atoms with Crippen LogP contribution in [0.1, 0.15) is 29.2 Å². The fourth-order valence-corrected chi connectivity index (χ4v) is 5.79. The van der Waals surface area contributed by atoms with Gasteiger partial charge in [0.05, 0.1) is 22.9 Å². The predicted octanol–water partition coefficient (Wildman–Crippen LogP) is 4.56. The first kappa shape index (κ1) is 23.3. The van der Waals surface area contributed by atoms with E-state index in [9.17, 15) is 16.8 Å². The van der Waals surface area contributed by atoms with Crippen LogP contribution in [0.15, 0.2) is 82.8 Å². The van der Waals surface area contributed by atoms with Crippen molar-refractivity contribution in [1.29, 1.82) is 0 Å². The quantitative estimate of drug-likeness (QED) is 0.533. The molecule has 0 spiro atoms.